The molecule has 1 aromatic carbocycles. The molecule has 104 valence electrons. The molecule has 1 aliphatic rings. The molecule has 4 nitrogen and oxygen atoms in total. The first-order valence-corrected chi connectivity index (χ1v) is 6.65. The largest absolute Gasteiger partial charge is 0.327 e. The molecular weight excluding hydrogens is 252 g/mol. The Balaban J connectivity index is 2.54. The zero-order valence-electron chi connectivity index (χ0n) is 12.0. The molecule has 1 saturated heterocycles. The smallest absolute Gasteiger partial charge is 0.224 e. The summed E-state index contributed by atoms with van der Waals surface area (Å²) in [5.41, 5.74) is -0.155. The van der Waals surface area contributed by atoms with Gasteiger partial charge in [0.1, 0.15) is 11.3 Å². The maximum Gasteiger partial charge on any atom is 0.224 e. The van der Waals surface area contributed by atoms with E-state index in [2.05, 4.69) is 6.07 Å². The summed E-state index contributed by atoms with van der Waals surface area (Å²) in [4.78, 5) is 25.7. The van der Waals surface area contributed by atoms with Crippen molar-refractivity contribution < 1.29 is 9.59 Å². The number of hydrogen-bond donors (Lipinski definition) is 0. The SMILES string of the molecule is CC(=O)[C@@H]1[C@H](c2ccccc2)CC(=O)N(C)[C@]1(C)C#N. The average Bonchev–Trinajstić information content (AvgIpc) is 2.44. The van der Waals surface area contributed by atoms with Crippen LogP contribution in [0.25, 0.3) is 0 Å². The Morgan fingerprint density at radius 3 is 2.50 bits per heavy atom. The van der Waals surface area contributed by atoms with Crippen LogP contribution in [0.4, 0.5) is 0 Å². The van der Waals surface area contributed by atoms with E-state index in [-0.39, 0.29) is 24.0 Å². The van der Waals surface area contributed by atoms with Gasteiger partial charge in [-0.15, -0.1) is 0 Å². The average molecular weight is 270 g/mol. The van der Waals surface area contributed by atoms with Crippen molar-refractivity contribution in [1.82, 2.24) is 4.90 Å². The maximum absolute atomic E-state index is 12.2. The second kappa shape index (κ2) is 5.09. The standard InChI is InChI=1S/C16H18N2O2/c1-11(19)15-13(12-7-5-4-6-8-12)9-14(20)18(3)16(15,2)10-17/h4-8,13,15H,9H2,1-3H3/t13-,15+,16+/m0/s1. The van der Waals surface area contributed by atoms with Crippen molar-refractivity contribution in [3.8, 4) is 6.07 Å². The number of Topliss-reactive ketones (excluding diaryl/α,β-unsaturated/α-hetero) is 1. The number of rotatable bonds is 2. The highest BCUT2D eigenvalue weighted by molar-refractivity contribution is 5.88. The van der Waals surface area contributed by atoms with Crippen LogP contribution in [-0.2, 0) is 9.59 Å². The minimum absolute atomic E-state index is 0.0535. The summed E-state index contributed by atoms with van der Waals surface area (Å²) in [5.74, 6) is -0.887. The molecule has 0 N–H and O–H groups in total. The highest BCUT2D eigenvalue weighted by Crippen LogP contribution is 2.43. The third-order valence-corrected chi connectivity index (χ3v) is 4.37. The van der Waals surface area contributed by atoms with Gasteiger partial charge in [0.2, 0.25) is 5.91 Å². The van der Waals surface area contributed by atoms with Crippen molar-refractivity contribution in [3.63, 3.8) is 0 Å². The van der Waals surface area contributed by atoms with Gasteiger partial charge in [-0.1, -0.05) is 30.3 Å². The first-order valence-electron chi connectivity index (χ1n) is 6.65. The minimum Gasteiger partial charge on any atom is -0.327 e. The molecule has 1 amide bonds. The molecule has 0 spiro atoms. The fourth-order valence-corrected chi connectivity index (χ4v) is 3.14. The summed E-state index contributed by atoms with van der Waals surface area (Å²) in [6.45, 7) is 3.17. The van der Waals surface area contributed by atoms with Crippen LogP contribution >= 0.6 is 0 Å². The highest BCUT2D eigenvalue weighted by atomic mass is 16.2. The second-order valence-electron chi connectivity index (χ2n) is 5.52. The third kappa shape index (κ3) is 2.09. The molecule has 0 unspecified atom stereocenters. The van der Waals surface area contributed by atoms with Gasteiger partial charge >= 0.3 is 0 Å². The molecule has 0 saturated carbocycles. The Hall–Kier alpha value is -2.15. The van der Waals surface area contributed by atoms with Crippen LogP contribution in [0.15, 0.2) is 30.3 Å². The number of nitrogens with zero attached hydrogens (tertiary/aromatic N) is 2. The van der Waals surface area contributed by atoms with E-state index in [1.54, 1.807) is 14.0 Å². The highest BCUT2D eigenvalue weighted by Gasteiger charge is 2.52. The molecule has 0 aliphatic carbocycles. The number of nitriles is 1. The van der Waals surface area contributed by atoms with E-state index >= 15 is 0 Å². The van der Waals surface area contributed by atoms with Gasteiger partial charge in [0.05, 0.1) is 12.0 Å². The lowest BCUT2D eigenvalue weighted by atomic mass is 9.67. The van der Waals surface area contributed by atoms with E-state index in [1.807, 2.05) is 30.3 Å². The van der Waals surface area contributed by atoms with Gasteiger partial charge in [0, 0.05) is 19.4 Å². The minimum atomic E-state index is -1.10. The van der Waals surface area contributed by atoms with Gasteiger partial charge in [0.25, 0.3) is 0 Å². The maximum atomic E-state index is 12.2. The molecule has 0 bridgehead atoms. The fourth-order valence-electron chi connectivity index (χ4n) is 3.14. The monoisotopic (exact) mass is 270 g/mol. The molecule has 2 rings (SSSR count). The summed E-state index contributed by atoms with van der Waals surface area (Å²) < 4.78 is 0. The topological polar surface area (TPSA) is 61.2 Å². The van der Waals surface area contributed by atoms with Gasteiger partial charge in [-0.3, -0.25) is 9.59 Å². The summed E-state index contributed by atoms with van der Waals surface area (Å²) in [7, 11) is 1.60. The van der Waals surface area contributed by atoms with Crippen LogP contribution in [0.5, 0.6) is 0 Å². The number of carbonyl (C=O) groups excluding carboxylic acids is 2. The van der Waals surface area contributed by atoms with E-state index < -0.39 is 11.5 Å². The Morgan fingerprint density at radius 1 is 1.40 bits per heavy atom. The Kier molecular flexibility index (Phi) is 3.63. The summed E-state index contributed by atoms with van der Waals surface area (Å²) in [5, 5.41) is 9.53. The Morgan fingerprint density at radius 2 is 2.00 bits per heavy atom. The predicted octanol–water partition coefficient (Wildman–Crippen LogP) is 2.12. The predicted molar refractivity (Wildman–Crippen MR) is 74.8 cm³/mol. The molecule has 20 heavy (non-hydrogen) atoms. The molecule has 0 aromatic heterocycles. The van der Waals surface area contributed by atoms with Gasteiger partial charge in [0.15, 0.2) is 0 Å². The first-order chi connectivity index (χ1) is 9.41. The molecule has 4 heteroatoms. The van der Waals surface area contributed by atoms with Crippen LogP contribution in [0.1, 0.15) is 31.7 Å². The van der Waals surface area contributed by atoms with Gasteiger partial charge in [-0.2, -0.15) is 5.26 Å². The molecular formula is C16H18N2O2. The third-order valence-electron chi connectivity index (χ3n) is 4.37. The number of likely N-dealkylation sites (tertiary alicyclic amines) is 1. The molecule has 0 radical (unpaired) electrons. The molecule has 1 heterocycles. The van der Waals surface area contributed by atoms with E-state index in [4.69, 9.17) is 0 Å². The quantitative estimate of drug-likeness (QED) is 0.827. The van der Waals surface area contributed by atoms with Crippen LogP contribution in [0, 0.1) is 17.2 Å². The van der Waals surface area contributed by atoms with Crippen LogP contribution in [0.2, 0.25) is 0 Å². The van der Waals surface area contributed by atoms with Crippen molar-refractivity contribution in [1.29, 1.82) is 5.26 Å². The van der Waals surface area contributed by atoms with Crippen molar-refractivity contribution in [2.45, 2.75) is 31.7 Å². The summed E-state index contributed by atoms with van der Waals surface area (Å²) in [6.07, 6.45) is 0.266. The van der Waals surface area contributed by atoms with Gasteiger partial charge in [-0.05, 0) is 19.4 Å². The normalized spacial score (nSPS) is 29.9. The second-order valence-corrected chi connectivity index (χ2v) is 5.52. The summed E-state index contributed by atoms with van der Waals surface area (Å²) >= 11 is 0. The molecule has 3 atom stereocenters. The molecule has 1 aliphatic heterocycles. The number of amides is 1. The first kappa shape index (κ1) is 14.3. The van der Waals surface area contributed by atoms with Crippen LogP contribution in [0.3, 0.4) is 0 Å². The lowest BCUT2D eigenvalue weighted by molar-refractivity contribution is -0.144. The number of ketones is 1. The lowest BCUT2D eigenvalue weighted by Crippen LogP contribution is -2.59. The zero-order valence-corrected chi connectivity index (χ0v) is 12.0. The number of piperidine rings is 1. The number of benzene rings is 1. The van der Waals surface area contributed by atoms with Gasteiger partial charge in [-0.25, -0.2) is 0 Å². The Labute approximate surface area is 119 Å². The van der Waals surface area contributed by atoms with Crippen molar-refractivity contribution in [2.24, 2.45) is 5.92 Å². The lowest BCUT2D eigenvalue weighted by Gasteiger charge is -2.46. The van der Waals surface area contributed by atoms with Crippen molar-refractivity contribution in [2.75, 3.05) is 7.05 Å². The zero-order chi connectivity index (χ0) is 14.9. The Bertz CT molecular complexity index is 576. The molecule has 1 aromatic rings. The van der Waals surface area contributed by atoms with E-state index in [1.165, 1.54) is 11.8 Å². The van der Waals surface area contributed by atoms with Crippen LogP contribution in [-0.4, -0.2) is 29.2 Å². The fraction of sp³-hybridized carbons (Fsp3) is 0.438. The van der Waals surface area contributed by atoms with E-state index in [0.717, 1.165) is 5.56 Å². The van der Waals surface area contributed by atoms with E-state index in [9.17, 15) is 14.9 Å². The summed E-state index contributed by atoms with van der Waals surface area (Å²) in [6, 6.07) is 11.7. The molecule has 1 fully saturated rings. The number of hydrogen-bond acceptors (Lipinski definition) is 3. The van der Waals surface area contributed by atoms with Crippen LogP contribution < -0.4 is 0 Å². The number of carbonyl (C=O) groups is 2. The van der Waals surface area contributed by atoms with Gasteiger partial charge < -0.3 is 4.90 Å². The van der Waals surface area contributed by atoms with Crippen molar-refractivity contribution in [3.05, 3.63) is 35.9 Å². The van der Waals surface area contributed by atoms with E-state index in [0.29, 0.717) is 0 Å². The van der Waals surface area contributed by atoms with Crippen molar-refractivity contribution >= 4 is 11.7 Å².